The molecule has 0 heterocycles. The van der Waals surface area contributed by atoms with Gasteiger partial charge in [-0.2, -0.15) is 0 Å². The summed E-state index contributed by atoms with van der Waals surface area (Å²) in [6.45, 7) is 3.93. The van der Waals surface area contributed by atoms with E-state index in [1.54, 1.807) is 13.0 Å². The van der Waals surface area contributed by atoms with Gasteiger partial charge in [-0.15, -0.1) is 0 Å². The molecule has 0 aliphatic heterocycles. The van der Waals surface area contributed by atoms with Crippen molar-refractivity contribution in [1.82, 2.24) is 0 Å². The average molecular weight is 297 g/mol. The largest absolute Gasteiger partial charge is 0.399 e. The van der Waals surface area contributed by atoms with Crippen LogP contribution < -0.4 is 16.2 Å². The quantitative estimate of drug-likeness (QED) is 0.746. The van der Waals surface area contributed by atoms with Crippen LogP contribution in [0.25, 0.3) is 0 Å². The van der Waals surface area contributed by atoms with Gasteiger partial charge in [-0.1, -0.05) is 19.3 Å². The molecule has 6 heteroatoms. The molecule has 1 saturated carbocycles. The maximum absolute atomic E-state index is 11.6. The molecule has 0 saturated heterocycles. The zero-order chi connectivity index (χ0) is 15.0. The van der Waals surface area contributed by atoms with E-state index in [0.29, 0.717) is 11.3 Å². The van der Waals surface area contributed by atoms with Gasteiger partial charge in [0.25, 0.3) is 0 Å². The van der Waals surface area contributed by atoms with Crippen LogP contribution in [0.3, 0.4) is 0 Å². The summed E-state index contributed by atoms with van der Waals surface area (Å²) in [7, 11) is -3.76. The van der Waals surface area contributed by atoms with E-state index < -0.39 is 10.0 Å². The maximum atomic E-state index is 11.6. The van der Waals surface area contributed by atoms with Gasteiger partial charge in [0, 0.05) is 16.9 Å². The molecule has 0 atom stereocenters. The third-order valence-electron chi connectivity index (χ3n) is 4.08. The van der Waals surface area contributed by atoms with Crippen molar-refractivity contribution in [2.24, 2.45) is 5.14 Å². The minimum atomic E-state index is -3.76. The van der Waals surface area contributed by atoms with Gasteiger partial charge in [0.1, 0.15) is 0 Å². The highest BCUT2D eigenvalue weighted by Crippen LogP contribution is 2.34. The Bertz CT molecular complexity index is 605. The van der Waals surface area contributed by atoms with Gasteiger partial charge < -0.3 is 11.1 Å². The fourth-order valence-electron chi connectivity index (χ4n) is 2.92. The van der Waals surface area contributed by atoms with Gasteiger partial charge in [-0.05, 0) is 44.4 Å². The summed E-state index contributed by atoms with van der Waals surface area (Å²) in [5, 5.41) is 8.73. The molecular formula is C14H23N3O2S. The van der Waals surface area contributed by atoms with Crippen molar-refractivity contribution in [3.05, 3.63) is 17.7 Å². The van der Waals surface area contributed by atoms with Gasteiger partial charge in [0.15, 0.2) is 0 Å². The number of nitrogens with two attached hydrogens (primary N) is 2. The fourth-order valence-corrected chi connectivity index (χ4v) is 3.75. The van der Waals surface area contributed by atoms with E-state index in [1.165, 1.54) is 25.3 Å². The summed E-state index contributed by atoms with van der Waals surface area (Å²) in [6.07, 6.45) is 5.79. The van der Waals surface area contributed by atoms with Gasteiger partial charge in [-0.25, -0.2) is 13.6 Å². The molecule has 0 aromatic heterocycles. The second kappa shape index (κ2) is 5.26. The second-order valence-electron chi connectivity index (χ2n) is 5.98. The highest BCUT2D eigenvalue weighted by Gasteiger charge is 2.27. The van der Waals surface area contributed by atoms with E-state index in [0.717, 1.165) is 18.5 Å². The van der Waals surface area contributed by atoms with E-state index >= 15 is 0 Å². The minimum Gasteiger partial charge on any atom is -0.399 e. The molecule has 5 N–H and O–H groups in total. The number of hydrogen-bond donors (Lipinski definition) is 3. The number of nitrogens with one attached hydrogen (secondary N) is 1. The highest BCUT2D eigenvalue weighted by atomic mass is 32.2. The van der Waals surface area contributed by atoms with Crippen LogP contribution in [0.1, 0.15) is 44.6 Å². The van der Waals surface area contributed by atoms with Crippen LogP contribution in [-0.2, 0) is 10.0 Å². The molecule has 0 spiro atoms. The molecule has 0 amide bonds. The van der Waals surface area contributed by atoms with Crippen molar-refractivity contribution in [3.63, 3.8) is 0 Å². The molecule has 5 nitrogen and oxygen atoms in total. The Balaban J connectivity index is 2.39. The molecule has 1 aliphatic rings. The predicted octanol–water partition coefficient (Wildman–Crippen LogP) is 2.36. The standard InChI is InChI=1S/C14H23N3O2S/c1-10-12(17-14(2)6-4-3-5-7-14)8-11(15)9-13(10)20(16,18)19/h8-9,17H,3-7,15H2,1-2H3,(H2,16,18,19). The number of rotatable bonds is 3. The summed E-state index contributed by atoms with van der Waals surface area (Å²) in [6, 6.07) is 3.20. The van der Waals surface area contributed by atoms with Crippen molar-refractivity contribution < 1.29 is 8.42 Å². The Hall–Kier alpha value is -1.27. The Labute approximate surface area is 120 Å². The van der Waals surface area contributed by atoms with E-state index in [9.17, 15) is 8.42 Å². The first kappa shape index (κ1) is 15.1. The molecule has 1 fully saturated rings. The lowest BCUT2D eigenvalue weighted by Crippen LogP contribution is -2.37. The van der Waals surface area contributed by atoms with E-state index in [4.69, 9.17) is 10.9 Å². The number of nitrogen functional groups attached to an aromatic ring is 1. The summed E-state index contributed by atoms with van der Waals surface area (Å²) < 4.78 is 23.2. The Morgan fingerprint density at radius 2 is 1.80 bits per heavy atom. The van der Waals surface area contributed by atoms with Crippen molar-refractivity contribution in [2.45, 2.75) is 56.4 Å². The predicted molar refractivity (Wildman–Crippen MR) is 82.1 cm³/mol. The van der Waals surface area contributed by atoms with E-state index in [-0.39, 0.29) is 10.4 Å². The summed E-state index contributed by atoms with van der Waals surface area (Å²) >= 11 is 0. The molecule has 20 heavy (non-hydrogen) atoms. The molecule has 1 aromatic carbocycles. The van der Waals surface area contributed by atoms with Crippen molar-refractivity contribution in [3.8, 4) is 0 Å². The SMILES string of the molecule is Cc1c(NC2(C)CCCCC2)cc(N)cc1S(N)(=O)=O. The number of sulfonamides is 1. The second-order valence-corrected chi connectivity index (χ2v) is 7.51. The molecular weight excluding hydrogens is 274 g/mol. The molecule has 1 aliphatic carbocycles. The maximum Gasteiger partial charge on any atom is 0.238 e. The fraction of sp³-hybridized carbons (Fsp3) is 0.571. The van der Waals surface area contributed by atoms with Crippen LogP contribution in [0, 0.1) is 6.92 Å². The van der Waals surface area contributed by atoms with Gasteiger partial charge >= 0.3 is 0 Å². The van der Waals surface area contributed by atoms with Crippen LogP contribution in [0.2, 0.25) is 0 Å². The molecule has 0 radical (unpaired) electrons. The lowest BCUT2D eigenvalue weighted by Gasteiger charge is -2.36. The third-order valence-corrected chi connectivity index (χ3v) is 5.12. The van der Waals surface area contributed by atoms with Crippen LogP contribution in [0.15, 0.2) is 17.0 Å². The van der Waals surface area contributed by atoms with Crippen molar-refractivity contribution in [1.29, 1.82) is 0 Å². The van der Waals surface area contributed by atoms with Crippen LogP contribution >= 0.6 is 0 Å². The normalized spacial score (nSPS) is 18.8. The first-order valence-electron chi connectivity index (χ1n) is 6.92. The summed E-state index contributed by atoms with van der Waals surface area (Å²) in [5.41, 5.74) is 7.61. The van der Waals surface area contributed by atoms with E-state index in [2.05, 4.69) is 12.2 Å². The first-order chi connectivity index (χ1) is 9.21. The number of hydrogen-bond acceptors (Lipinski definition) is 4. The lowest BCUT2D eigenvalue weighted by atomic mass is 9.83. The molecule has 1 aromatic rings. The van der Waals surface area contributed by atoms with Gasteiger partial charge in [0.05, 0.1) is 4.90 Å². The highest BCUT2D eigenvalue weighted by molar-refractivity contribution is 7.89. The first-order valence-corrected chi connectivity index (χ1v) is 8.47. The summed E-state index contributed by atoms with van der Waals surface area (Å²) in [4.78, 5) is 0.0967. The molecule has 2 rings (SSSR count). The number of primary sulfonamides is 1. The van der Waals surface area contributed by atoms with Gasteiger partial charge in [0.2, 0.25) is 10.0 Å². The average Bonchev–Trinajstić information content (AvgIpc) is 2.32. The Kier molecular flexibility index (Phi) is 3.97. The monoisotopic (exact) mass is 297 g/mol. The summed E-state index contributed by atoms with van der Waals surface area (Å²) in [5.74, 6) is 0. The van der Waals surface area contributed by atoms with E-state index in [1.807, 2.05) is 0 Å². The number of benzene rings is 1. The number of anilines is 2. The zero-order valence-electron chi connectivity index (χ0n) is 12.1. The Morgan fingerprint density at radius 1 is 1.20 bits per heavy atom. The Morgan fingerprint density at radius 3 is 2.35 bits per heavy atom. The smallest absolute Gasteiger partial charge is 0.238 e. The minimum absolute atomic E-state index is 0.00751. The van der Waals surface area contributed by atoms with Gasteiger partial charge in [-0.3, -0.25) is 0 Å². The van der Waals surface area contributed by atoms with Crippen molar-refractivity contribution >= 4 is 21.4 Å². The molecule has 112 valence electrons. The molecule has 0 unspecified atom stereocenters. The lowest BCUT2D eigenvalue weighted by molar-refractivity contribution is 0.349. The third kappa shape index (κ3) is 3.24. The van der Waals surface area contributed by atoms with Crippen molar-refractivity contribution in [2.75, 3.05) is 11.1 Å². The zero-order valence-corrected chi connectivity index (χ0v) is 12.9. The van der Waals surface area contributed by atoms with Crippen LogP contribution in [-0.4, -0.2) is 14.0 Å². The van der Waals surface area contributed by atoms with Crippen LogP contribution in [0.5, 0.6) is 0 Å². The van der Waals surface area contributed by atoms with Crippen LogP contribution in [0.4, 0.5) is 11.4 Å². The topological polar surface area (TPSA) is 98.2 Å². The molecule has 0 bridgehead atoms.